The number of nitrogens with two attached hydrogens (primary N) is 1. The van der Waals surface area contributed by atoms with Crippen LogP contribution >= 0.6 is 11.8 Å². The highest BCUT2D eigenvalue weighted by Crippen LogP contribution is 2.27. The maximum atomic E-state index is 11.2. The number of nitriles is 1. The standard InChI is InChI=1S/C17H15N5O2S/c18-10-12-3-1-4-13(9-12)11-25-17-21-20-16(14-5-2-8-24-14)22(17)7-6-15(19)23/h1-5,8-9H,6-7,11H2,(H2,19,23). The molecular formula is C17H15N5O2S. The largest absolute Gasteiger partial charge is 0.461 e. The van der Waals surface area contributed by atoms with Gasteiger partial charge in [0.2, 0.25) is 5.91 Å². The molecule has 0 radical (unpaired) electrons. The first-order valence-corrected chi connectivity index (χ1v) is 8.53. The van der Waals surface area contributed by atoms with Crippen LogP contribution in [0.4, 0.5) is 0 Å². The van der Waals surface area contributed by atoms with Crippen LogP contribution in [0.3, 0.4) is 0 Å². The number of furan rings is 1. The van der Waals surface area contributed by atoms with Gasteiger partial charge >= 0.3 is 0 Å². The molecule has 0 fully saturated rings. The predicted octanol–water partition coefficient (Wildman–Crippen LogP) is 2.58. The van der Waals surface area contributed by atoms with Gasteiger partial charge in [-0.2, -0.15) is 5.26 Å². The summed E-state index contributed by atoms with van der Waals surface area (Å²) >= 11 is 1.48. The molecule has 0 saturated carbocycles. The lowest BCUT2D eigenvalue weighted by molar-refractivity contribution is -0.118. The quantitative estimate of drug-likeness (QED) is 0.654. The number of amides is 1. The fourth-order valence-electron chi connectivity index (χ4n) is 2.29. The van der Waals surface area contributed by atoms with Crippen LogP contribution in [0, 0.1) is 11.3 Å². The Bertz CT molecular complexity index is 912. The van der Waals surface area contributed by atoms with Gasteiger partial charge in [0, 0.05) is 18.7 Å². The summed E-state index contributed by atoms with van der Waals surface area (Å²) < 4.78 is 7.21. The van der Waals surface area contributed by atoms with E-state index >= 15 is 0 Å². The topological polar surface area (TPSA) is 111 Å². The molecule has 2 N–H and O–H groups in total. The van der Waals surface area contributed by atoms with E-state index in [4.69, 9.17) is 15.4 Å². The maximum Gasteiger partial charge on any atom is 0.219 e. The number of primary amides is 1. The molecule has 3 aromatic rings. The molecule has 0 unspecified atom stereocenters. The SMILES string of the molecule is N#Cc1cccc(CSc2nnc(-c3ccco3)n2CCC(N)=O)c1. The first-order valence-electron chi connectivity index (χ1n) is 7.54. The van der Waals surface area contributed by atoms with Crippen molar-refractivity contribution < 1.29 is 9.21 Å². The van der Waals surface area contributed by atoms with Crippen LogP contribution in [0.1, 0.15) is 17.5 Å². The average molecular weight is 353 g/mol. The van der Waals surface area contributed by atoms with Crippen LogP contribution in [0.15, 0.2) is 52.2 Å². The Morgan fingerprint density at radius 1 is 1.32 bits per heavy atom. The minimum absolute atomic E-state index is 0.184. The second kappa shape index (κ2) is 7.68. The highest BCUT2D eigenvalue weighted by Gasteiger charge is 2.17. The summed E-state index contributed by atoms with van der Waals surface area (Å²) in [5.74, 6) is 1.37. The minimum atomic E-state index is -0.392. The van der Waals surface area contributed by atoms with Gasteiger partial charge in [0.15, 0.2) is 16.7 Å². The van der Waals surface area contributed by atoms with Crippen molar-refractivity contribution in [2.24, 2.45) is 5.73 Å². The van der Waals surface area contributed by atoms with E-state index in [2.05, 4.69) is 16.3 Å². The fourth-order valence-corrected chi connectivity index (χ4v) is 3.19. The van der Waals surface area contributed by atoms with E-state index in [1.165, 1.54) is 11.8 Å². The zero-order chi connectivity index (χ0) is 17.6. The summed E-state index contributed by atoms with van der Waals surface area (Å²) in [6.07, 6.45) is 1.74. The van der Waals surface area contributed by atoms with Gasteiger partial charge in [-0.15, -0.1) is 10.2 Å². The van der Waals surface area contributed by atoms with Crippen molar-refractivity contribution in [3.05, 3.63) is 53.8 Å². The van der Waals surface area contributed by atoms with Crippen molar-refractivity contribution >= 4 is 17.7 Å². The van der Waals surface area contributed by atoms with E-state index in [9.17, 15) is 4.79 Å². The van der Waals surface area contributed by atoms with Crippen LogP contribution < -0.4 is 5.73 Å². The van der Waals surface area contributed by atoms with E-state index < -0.39 is 5.91 Å². The van der Waals surface area contributed by atoms with E-state index in [-0.39, 0.29) is 6.42 Å². The monoisotopic (exact) mass is 353 g/mol. The molecule has 0 aliphatic carbocycles. The summed E-state index contributed by atoms with van der Waals surface area (Å²) in [6, 6.07) is 13.1. The molecule has 126 valence electrons. The molecular weight excluding hydrogens is 338 g/mol. The summed E-state index contributed by atoms with van der Waals surface area (Å²) in [7, 11) is 0. The Hall–Kier alpha value is -3.05. The summed E-state index contributed by atoms with van der Waals surface area (Å²) in [5.41, 5.74) is 6.89. The second-order valence-electron chi connectivity index (χ2n) is 5.25. The summed E-state index contributed by atoms with van der Waals surface area (Å²) in [5, 5.41) is 18.0. The second-order valence-corrected chi connectivity index (χ2v) is 6.19. The molecule has 2 aromatic heterocycles. The van der Waals surface area contributed by atoms with Crippen molar-refractivity contribution in [1.29, 1.82) is 5.26 Å². The average Bonchev–Trinajstić information content (AvgIpc) is 3.27. The van der Waals surface area contributed by atoms with Gasteiger partial charge in [-0.1, -0.05) is 23.9 Å². The Morgan fingerprint density at radius 2 is 2.20 bits per heavy atom. The number of rotatable bonds is 7. The summed E-state index contributed by atoms with van der Waals surface area (Å²) in [4.78, 5) is 11.2. The molecule has 3 rings (SSSR count). The first-order chi connectivity index (χ1) is 12.2. The normalized spacial score (nSPS) is 10.5. The number of hydrogen-bond acceptors (Lipinski definition) is 6. The molecule has 2 heterocycles. The smallest absolute Gasteiger partial charge is 0.219 e. The number of aromatic nitrogens is 3. The Morgan fingerprint density at radius 3 is 2.92 bits per heavy atom. The highest BCUT2D eigenvalue weighted by atomic mass is 32.2. The Kier molecular flexibility index (Phi) is 5.16. The van der Waals surface area contributed by atoms with Gasteiger partial charge < -0.3 is 10.2 Å². The minimum Gasteiger partial charge on any atom is -0.461 e. The molecule has 25 heavy (non-hydrogen) atoms. The zero-order valence-electron chi connectivity index (χ0n) is 13.3. The van der Waals surface area contributed by atoms with Gasteiger partial charge in [0.05, 0.1) is 17.9 Å². The molecule has 0 aliphatic heterocycles. The number of thioether (sulfide) groups is 1. The van der Waals surface area contributed by atoms with E-state index in [0.29, 0.717) is 34.6 Å². The van der Waals surface area contributed by atoms with Gasteiger partial charge in [-0.3, -0.25) is 9.36 Å². The summed E-state index contributed by atoms with van der Waals surface area (Å²) in [6.45, 7) is 0.374. The van der Waals surface area contributed by atoms with Crippen LogP contribution in [0.5, 0.6) is 0 Å². The Labute approximate surface area is 148 Å². The van der Waals surface area contributed by atoms with Crippen LogP contribution in [-0.2, 0) is 17.1 Å². The molecule has 0 bridgehead atoms. The van der Waals surface area contributed by atoms with Gasteiger partial charge in [-0.25, -0.2) is 0 Å². The number of carbonyl (C=O) groups is 1. The van der Waals surface area contributed by atoms with Crippen molar-refractivity contribution in [3.8, 4) is 17.7 Å². The van der Waals surface area contributed by atoms with Gasteiger partial charge in [0.1, 0.15) is 0 Å². The molecule has 0 aliphatic rings. The lowest BCUT2D eigenvalue weighted by Crippen LogP contribution is -2.15. The van der Waals surface area contributed by atoms with Crippen molar-refractivity contribution in [3.63, 3.8) is 0 Å². The van der Waals surface area contributed by atoms with E-state index in [1.54, 1.807) is 24.5 Å². The van der Waals surface area contributed by atoms with Gasteiger partial charge in [0.25, 0.3) is 0 Å². The third kappa shape index (κ3) is 4.08. The van der Waals surface area contributed by atoms with Crippen LogP contribution in [0.2, 0.25) is 0 Å². The zero-order valence-corrected chi connectivity index (χ0v) is 14.1. The molecule has 0 spiro atoms. The lowest BCUT2D eigenvalue weighted by Gasteiger charge is -2.08. The lowest BCUT2D eigenvalue weighted by atomic mass is 10.2. The predicted molar refractivity (Wildman–Crippen MR) is 92.3 cm³/mol. The van der Waals surface area contributed by atoms with Crippen molar-refractivity contribution in [1.82, 2.24) is 14.8 Å². The molecule has 1 aromatic carbocycles. The van der Waals surface area contributed by atoms with Gasteiger partial charge in [-0.05, 0) is 29.8 Å². The van der Waals surface area contributed by atoms with Crippen LogP contribution in [0.25, 0.3) is 11.6 Å². The van der Waals surface area contributed by atoms with Crippen molar-refractivity contribution in [2.45, 2.75) is 23.9 Å². The number of benzene rings is 1. The number of carbonyl (C=O) groups excluding carboxylic acids is 1. The van der Waals surface area contributed by atoms with E-state index in [0.717, 1.165) is 5.56 Å². The third-order valence-electron chi connectivity index (χ3n) is 3.46. The third-order valence-corrected chi connectivity index (χ3v) is 4.50. The Balaban J connectivity index is 1.82. The molecule has 7 nitrogen and oxygen atoms in total. The molecule has 0 saturated heterocycles. The number of nitrogens with zero attached hydrogens (tertiary/aromatic N) is 4. The van der Waals surface area contributed by atoms with Crippen LogP contribution in [-0.4, -0.2) is 20.7 Å². The molecule has 8 heteroatoms. The molecule has 0 atom stereocenters. The van der Waals surface area contributed by atoms with E-state index in [1.807, 2.05) is 22.8 Å². The maximum absolute atomic E-state index is 11.2. The number of hydrogen-bond donors (Lipinski definition) is 1. The van der Waals surface area contributed by atoms with Crippen molar-refractivity contribution in [2.75, 3.05) is 0 Å². The fraction of sp³-hybridized carbons (Fsp3) is 0.176. The highest BCUT2D eigenvalue weighted by molar-refractivity contribution is 7.98. The molecule has 1 amide bonds. The first kappa shape index (κ1) is 16.8.